The summed E-state index contributed by atoms with van der Waals surface area (Å²) in [6.45, 7) is 0.122. The van der Waals surface area contributed by atoms with Gasteiger partial charge in [0.1, 0.15) is 5.75 Å². The molecule has 1 aromatic heterocycles. The van der Waals surface area contributed by atoms with Gasteiger partial charge in [-0.2, -0.15) is 0 Å². The average molecular weight is 374 g/mol. The molecule has 0 spiro atoms. The van der Waals surface area contributed by atoms with Gasteiger partial charge in [0.15, 0.2) is 5.13 Å². The number of ether oxygens (including phenoxy) is 1. The Kier molecular flexibility index (Phi) is 5.47. The van der Waals surface area contributed by atoms with Gasteiger partial charge < -0.3 is 20.3 Å². The molecule has 1 atom stereocenters. The summed E-state index contributed by atoms with van der Waals surface area (Å²) in [5, 5.41) is 7.38. The molecule has 0 bridgehead atoms. The van der Waals surface area contributed by atoms with Gasteiger partial charge >= 0.3 is 0 Å². The van der Waals surface area contributed by atoms with E-state index in [1.165, 1.54) is 11.3 Å². The minimum atomic E-state index is -0.489. The van der Waals surface area contributed by atoms with Crippen LogP contribution >= 0.6 is 11.3 Å². The number of amides is 3. The zero-order valence-electron chi connectivity index (χ0n) is 14.1. The molecule has 3 amide bonds. The first-order chi connectivity index (χ1) is 12.6. The summed E-state index contributed by atoms with van der Waals surface area (Å²) in [5.41, 5.74) is 0.715. The van der Waals surface area contributed by atoms with E-state index < -0.39 is 5.92 Å². The van der Waals surface area contributed by atoms with Crippen LogP contribution in [-0.4, -0.2) is 42.9 Å². The normalized spacial score (nSPS) is 16.4. The van der Waals surface area contributed by atoms with Crippen molar-refractivity contribution in [3.63, 3.8) is 0 Å². The Morgan fingerprint density at radius 3 is 2.77 bits per heavy atom. The third kappa shape index (κ3) is 4.17. The van der Waals surface area contributed by atoms with Gasteiger partial charge in [0.05, 0.1) is 19.6 Å². The van der Waals surface area contributed by atoms with Crippen LogP contribution in [0.15, 0.2) is 35.8 Å². The molecule has 3 rings (SSSR count). The summed E-state index contributed by atoms with van der Waals surface area (Å²) in [7, 11) is 1.57. The Morgan fingerprint density at radius 1 is 1.35 bits per heavy atom. The van der Waals surface area contributed by atoms with Crippen LogP contribution in [0.1, 0.15) is 6.42 Å². The van der Waals surface area contributed by atoms with Crippen molar-refractivity contribution in [3.05, 3.63) is 35.8 Å². The number of methoxy groups -OCH3 is 1. The van der Waals surface area contributed by atoms with Crippen LogP contribution in [0, 0.1) is 5.92 Å². The number of carbonyl (C=O) groups is 3. The van der Waals surface area contributed by atoms with E-state index in [1.807, 2.05) is 0 Å². The SMILES string of the molecule is COc1ccc(N2C[C@H](C(=O)NCC(=O)Nc3nccs3)CC2=O)cc1. The lowest BCUT2D eigenvalue weighted by molar-refractivity contribution is -0.127. The van der Waals surface area contributed by atoms with Gasteiger partial charge in [-0.15, -0.1) is 11.3 Å². The Balaban J connectivity index is 1.52. The first-order valence-corrected chi connectivity index (χ1v) is 8.86. The van der Waals surface area contributed by atoms with Crippen molar-refractivity contribution < 1.29 is 19.1 Å². The molecule has 0 radical (unpaired) electrons. The second-order valence-corrected chi connectivity index (χ2v) is 6.60. The molecule has 1 fully saturated rings. The first-order valence-electron chi connectivity index (χ1n) is 7.98. The number of hydrogen-bond donors (Lipinski definition) is 2. The van der Waals surface area contributed by atoms with E-state index in [2.05, 4.69) is 15.6 Å². The largest absolute Gasteiger partial charge is 0.497 e. The number of thiazole rings is 1. The molecule has 26 heavy (non-hydrogen) atoms. The summed E-state index contributed by atoms with van der Waals surface area (Å²) >= 11 is 1.30. The van der Waals surface area contributed by atoms with Crippen molar-refractivity contribution in [2.24, 2.45) is 5.92 Å². The summed E-state index contributed by atoms with van der Waals surface area (Å²) in [6.07, 6.45) is 1.70. The lowest BCUT2D eigenvalue weighted by Crippen LogP contribution is -2.37. The molecular weight excluding hydrogens is 356 g/mol. The molecule has 8 nitrogen and oxygen atoms in total. The van der Waals surface area contributed by atoms with Crippen molar-refractivity contribution >= 4 is 39.9 Å². The molecule has 1 aromatic carbocycles. The molecule has 0 saturated carbocycles. The fraction of sp³-hybridized carbons (Fsp3) is 0.294. The number of hydrogen-bond acceptors (Lipinski definition) is 6. The van der Waals surface area contributed by atoms with Gasteiger partial charge in [-0.1, -0.05) is 0 Å². The van der Waals surface area contributed by atoms with Crippen molar-refractivity contribution in [2.75, 3.05) is 30.4 Å². The Hall–Kier alpha value is -2.94. The summed E-state index contributed by atoms with van der Waals surface area (Å²) in [5.74, 6) is -0.589. The van der Waals surface area contributed by atoms with Crippen molar-refractivity contribution in [2.45, 2.75) is 6.42 Å². The van der Waals surface area contributed by atoms with Crippen molar-refractivity contribution in [1.82, 2.24) is 10.3 Å². The highest BCUT2D eigenvalue weighted by Gasteiger charge is 2.35. The standard InChI is InChI=1S/C17H18N4O4S/c1-25-13-4-2-12(3-5-13)21-10-11(8-15(21)23)16(24)19-9-14(22)20-17-18-6-7-26-17/h2-7,11H,8-10H2,1H3,(H,19,24)(H,18,20,22)/t11-/m1/s1. The smallest absolute Gasteiger partial charge is 0.245 e. The van der Waals surface area contributed by atoms with Gasteiger partial charge in [0, 0.05) is 30.2 Å². The fourth-order valence-electron chi connectivity index (χ4n) is 2.66. The molecule has 1 aliphatic rings. The molecule has 0 unspecified atom stereocenters. The quantitative estimate of drug-likeness (QED) is 0.793. The van der Waals surface area contributed by atoms with Gasteiger partial charge in [-0.05, 0) is 24.3 Å². The van der Waals surface area contributed by atoms with Crippen LogP contribution in [0.2, 0.25) is 0 Å². The minimum absolute atomic E-state index is 0.117. The topological polar surface area (TPSA) is 101 Å². The first kappa shape index (κ1) is 17.9. The Bertz CT molecular complexity index is 792. The zero-order valence-corrected chi connectivity index (χ0v) is 14.9. The highest BCUT2D eigenvalue weighted by Crippen LogP contribution is 2.26. The van der Waals surface area contributed by atoms with Gasteiger partial charge in [-0.25, -0.2) is 4.98 Å². The highest BCUT2D eigenvalue weighted by molar-refractivity contribution is 7.13. The van der Waals surface area contributed by atoms with Crippen LogP contribution in [0.25, 0.3) is 0 Å². The second kappa shape index (κ2) is 7.96. The second-order valence-electron chi connectivity index (χ2n) is 5.71. The number of nitrogens with one attached hydrogen (secondary N) is 2. The van der Waals surface area contributed by atoms with Crippen LogP contribution in [0.3, 0.4) is 0 Å². The number of benzene rings is 1. The number of carbonyl (C=O) groups excluding carboxylic acids is 3. The number of rotatable bonds is 6. The maximum Gasteiger partial charge on any atom is 0.245 e. The molecule has 1 saturated heterocycles. The van der Waals surface area contributed by atoms with Crippen LogP contribution in [0.5, 0.6) is 5.75 Å². The number of aromatic nitrogens is 1. The molecule has 2 heterocycles. The van der Waals surface area contributed by atoms with Crippen LogP contribution in [-0.2, 0) is 14.4 Å². The van der Waals surface area contributed by atoms with Gasteiger partial charge in [0.2, 0.25) is 17.7 Å². The van der Waals surface area contributed by atoms with Gasteiger partial charge in [0.25, 0.3) is 0 Å². The van der Waals surface area contributed by atoms with E-state index in [1.54, 1.807) is 47.9 Å². The Labute approximate surface area is 154 Å². The predicted octanol–water partition coefficient (Wildman–Crippen LogP) is 1.26. The predicted molar refractivity (Wildman–Crippen MR) is 97.2 cm³/mol. The molecular formula is C17H18N4O4S. The van der Waals surface area contributed by atoms with E-state index in [0.717, 1.165) is 0 Å². The molecule has 136 valence electrons. The highest BCUT2D eigenvalue weighted by atomic mass is 32.1. The maximum atomic E-state index is 12.3. The number of nitrogens with zero attached hydrogens (tertiary/aromatic N) is 2. The average Bonchev–Trinajstić information content (AvgIpc) is 3.29. The summed E-state index contributed by atoms with van der Waals surface area (Å²) < 4.78 is 5.10. The van der Waals surface area contributed by atoms with E-state index in [4.69, 9.17) is 4.74 Å². The van der Waals surface area contributed by atoms with Crippen molar-refractivity contribution in [3.8, 4) is 5.75 Å². The molecule has 0 aliphatic carbocycles. The third-order valence-corrected chi connectivity index (χ3v) is 4.67. The third-order valence-electron chi connectivity index (χ3n) is 3.98. The molecule has 2 aromatic rings. The lowest BCUT2D eigenvalue weighted by Gasteiger charge is -2.17. The van der Waals surface area contributed by atoms with Crippen LogP contribution in [0.4, 0.5) is 10.8 Å². The van der Waals surface area contributed by atoms with Crippen LogP contribution < -0.4 is 20.3 Å². The molecule has 1 aliphatic heterocycles. The fourth-order valence-corrected chi connectivity index (χ4v) is 3.20. The molecule has 9 heteroatoms. The zero-order chi connectivity index (χ0) is 18.5. The van der Waals surface area contributed by atoms with Gasteiger partial charge in [-0.3, -0.25) is 14.4 Å². The van der Waals surface area contributed by atoms with E-state index >= 15 is 0 Å². The molecule has 2 N–H and O–H groups in total. The van der Waals surface area contributed by atoms with E-state index in [-0.39, 0.29) is 37.2 Å². The monoisotopic (exact) mass is 374 g/mol. The Morgan fingerprint density at radius 2 is 2.12 bits per heavy atom. The maximum absolute atomic E-state index is 12.3. The van der Waals surface area contributed by atoms with E-state index in [9.17, 15) is 14.4 Å². The van der Waals surface area contributed by atoms with Crippen molar-refractivity contribution in [1.29, 1.82) is 0 Å². The minimum Gasteiger partial charge on any atom is -0.497 e. The number of anilines is 2. The lowest BCUT2D eigenvalue weighted by atomic mass is 10.1. The summed E-state index contributed by atoms with van der Waals surface area (Å²) in [6, 6.07) is 7.08. The van der Waals surface area contributed by atoms with E-state index in [0.29, 0.717) is 16.6 Å². The summed E-state index contributed by atoms with van der Waals surface area (Å²) in [4.78, 5) is 41.8.